The molecule has 0 saturated carbocycles. The molecule has 2 N–H and O–H groups in total. The predicted molar refractivity (Wildman–Crippen MR) is 71.8 cm³/mol. The van der Waals surface area contributed by atoms with Gasteiger partial charge in [0, 0.05) is 0 Å². The van der Waals surface area contributed by atoms with Crippen molar-refractivity contribution in [1.82, 2.24) is 5.32 Å². The van der Waals surface area contributed by atoms with Crippen LogP contribution in [0.15, 0.2) is 18.2 Å². The van der Waals surface area contributed by atoms with Gasteiger partial charge in [0.1, 0.15) is 19.3 Å². The number of thioether (sulfide) groups is 1. The molecule has 5 nitrogen and oxygen atoms in total. The zero-order valence-corrected chi connectivity index (χ0v) is 11.1. The van der Waals surface area contributed by atoms with Crippen molar-refractivity contribution in [1.29, 1.82) is 0 Å². The van der Waals surface area contributed by atoms with E-state index >= 15 is 0 Å². The maximum absolute atomic E-state index is 11.0. The van der Waals surface area contributed by atoms with Crippen LogP contribution in [-0.2, 0) is 4.79 Å². The summed E-state index contributed by atoms with van der Waals surface area (Å²) in [5.74, 6) is 1.54. The van der Waals surface area contributed by atoms with Gasteiger partial charge >= 0.3 is 5.97 Å². The molecule has 1 saturated heterocycles. The van der Waals surface area contributed by atoms with Crippen LogP contribution in [0.1, 0.15) is 17.4 Å². The molecule has 2 heterocycles. The average molecular weight is 281 g/mol. The van der Waals surface area contributed by atoms with Crippen molar-refractivity contribution in [3.05, 3.63) is 23.8 Å². The third kappa shape index (κ3) is 2.64. The lowest BCUT2D eigenvalue weighted by Gasteiger charge is -2.29. The van der Waals surface area contributed by atoms with E-state index in [4.69, 9.17) is 14.6 Å². The third-order valence-electron chi connectivity index (χ3n) is 3.21. The third-order valence-corrected chi connectivity index (χ3v) is 4.42. The Morgan fingerprint density at radius 3 is 2.89 bits per heavy atom. The van der Waals surface area contributed by atoms with E-state index in [2.05, 4.69) is 5.32 Å². The molecule has 2 atom stereocenters. The lowest BCUT2D eigenvalue weighted by atomic mass is 10.1. The van der Waals surface area contributed by atoms with Crippen molar-refractivity contribution in [2.45, 2.75) is 17.8 Å². The van der Waals surface area contributed by atoms with Gasteiger partial charge in [-0.25, -0.2) is 0 Å². The summed E-state index contributed by atoms with van der Waals surface area (Å²) >= 11 is 1.72. The van der Waals surface area contributed by atoms with Crippen LogP contribution in [-0.4, -0.2) is 36.1 Å². The molecular weight excluding hydrogens is 266 g/mol. The summed E-state index contributed by atoms with van der Waals surface area (Å²) in [6.07, 6.45) is 0.654. The normalized spacial score (nSPS) is 25.9. The second-order valence-electron chi connectivity index (χ2n) is 4.50. The highest BCUT2D eigenvalue weighted by molar-refractivity contribution is 7.99. The first kappa shape index (κ1) is 12.6. The number of carbonyl (C=O) groups is 1. The molecule has 2 aliphatic heterocycles. The van der Waals surface area contributed by atoms with Crippen LogP contribution >= 0.6 is 11.8 Å². The van der Waals surface area contributed by atoms with Crippen LogP contribution in [0.2, 0.25) is 0 Å². The SMILES string of the molecule is O=C(O)C1CCSC(c2ccc3c(c2)OCCO3)N1. The molecule has 1 aromatic rings. The molecule has 6 heteroatoms. The van der Waals surface area contributed by atoms with Crippen molar-refractivity contribution < 1.29 is 19.4 Å². The molecule has 102 valence electrons. The first-order valence-corrected chi connectivity index (χ1v) is 7.29. The lowest BCUT2D eigenvalue weighted by molar-refractivity contribution is -0.139. The van der Waals surface area contributed by atoms with Crippen LogP contribution in [0.5, 0.6) is 11.5 Å². The van der Waals surface area contributed by atoms with Gasteiger partial charge in [-0.15, -0.1) is 11.8 Å². The Hall–Kier alpha value is -1.40. The van der Waals surface area contributed by atoms with Gasteiger partial charge in [0.05, 0.1) is 5.37 Å². The Labute approximate surface area is 115 Å². The first-order valence-electron chi connectivity index (χ1n) is 6.24. The number of nitrogens with one attached hydrogen (secondary N) is 1. The molecular formula is C13H15NO4S. The minimum absolute atomic E-state index is 0.00863. The number of fused-ring (bicyclic) bond motifs is 1. The number of aliphatic carboxylic acids is 1. The maximum atomic E-state index is 11.0. The van der Waals surface area contributed by atoms with Gasteiger partial charge in [-0.1, -0.05) is 6.07 Å². The van der Waals surface area contributed by atoms with Gasteiger partial charge in [-0.2, -0.15) is 0 Å². The van der Waals surface area contributed by atoms with Crippen molar-refractivity contribution in [3.8, 4) is 11.5 Å². The highest BCUT2D eigenvalue weighted by Crippen LogP contribution is 2.37. The minimum atomic E-state index is -0.789. The largest absolute Gasteiger partial charge is 0.486 e. The topological polar surface area (TPSA) is 67.8 Å². The smallest absolute Gasteiger partial charge is 0.320 e. The highest BCUT2D eigenvalue weighted by Gasteiger charge is 2.28. The number of hydrogen-bond donors (Lipinski definition) is 2. The zero-order chi connectivity index (χ0) is 13.2. The van der Waals surface area contributed by atoms with Crippen molar-refractivity contribution in [3.63, 3.8) is 0 Å². The summed E-state index contributed by atoms with van der Waals surface area (Å²) in [4.78, 5) is 11.0. The Balaban J connectivity index is 1.79. The van der Waals surface area contributed by atoms with Crippen molar-refractivity contribution in [2.75, 3.05) is 19.0 Å². The van der Waals surface area contributed by atoms with E-state index in [0.29, 0.717) is 19.6 Å². The van der Waals surface area contributed by atoms with E-state index in [-0.39, 0.29) is 5.37 Å². The minimum Gasteiger partial charge on any atom is -0.486 e. The quantitative estimate of drug-likeness (QED) is 0.859. The van der Waals surface area contributed by atoms with Gasteiger partial charge in [0.2, 0.25) is 0 Å². The average Bonchev–Trinajstić information content (AvgIpc) is 2.47. The predicted octanol–water partition coefficient (Wildman–Crippen LogP) is 1.64. The highest BCUT2D eigenvalue weighted by atomic mass is 32.2. The summed E-state index contributed by atoms with van der Waals surface area (Å²) in [6.45, 7) is 1.13. The summed E-state index contributed by atoms with van der Waals surface area (Å²) < 4.78 is 11.0. The molecule has 0 radical (unpaired) electrons. The molecule has 0 aliphatic carbocycles. The Morgan fingerprint density at radius 2 is 2.11 bits per heavy atom. The molecule has 0 amide bonds. The van der Waals surface area contributed by atoms with Crippen molar-refractivity contribution >= 4 is 17.7 Å². The Morgan fingerprint density at radius 1 is 1.32 bits per heavy atom. The van der Waals surface area contributed by atoms with E-state index in [1.165, 1.54) is 0 Å². The van der Waals surface area contributed by atoms with Gasteiger partial charge in [0.15, 0.2) is 11.5 Å². The molecule has 3 rings (SSSR count). The van der Waals surface area contributed by atoms with Gasteiger partial charge < -0.3 is 14.6 Å². The monoisotopic (exact) mass is 281 g/mol. The van der Waals surface area contributed by atoms with E-state index < -0.39 is 12.0 Å². The van der Waals surface area contributed by atoms with Crippen LogP contribution in [0, 0.1) is 0 Å². The molecule has 1 aromatic carbocycles. The van der Waals surface area contributed by atoms with Crippen LogP contribution in [0.25, 0.3) is 0 Å². The van der Waals surface area contributed by atoms with Crippen LogP contribution in [0.4, 0.5) is 0 Å². The molecule has 2 unspecified atom stereocenters. The lowest BCUT2D eigenvalue weighted by Crippen LogP contribution is -2.41. The summed E-state index contributed by atoms with van der Waals surface area (Å²) in [5, 5.41) is 12.2. The maximum Gasteiger partial charge on any atom is 0.320 e. The number of benzene rings is 1. The van der Waals surface area contributed by atoms with E-state index in [9.17, 15) is 4.79 Å². The fraction of sp³-hybridized carbons (Fsp3) is 0.462. The summed E-state index contributed by atoms with van der Waals surface area (Å²) in [5.41, 5.74) is 1.03. The number of rotatable bonds is 2. The van der Waals surface area contributed by atoms with Gasteiger partial charge in [-0.05, 0) is 29.9 Å². The van der Waals surface area contributed by atoms with Crippen molar-refractivity contribution in [2.24, 2.45) is 0 Å². The molecule has 0 spiro atoms. The van der Waals surface area contributed by atoms with Gasteiger partial charge in [-0.3, -0.25) is 10.1 Å². The van der Waals surface area contributed by atoms with E-state index in [0.717, 1.165) is 22.8 Å². The zero-order valence-electron chi connectivity index (χ0n) is 10.3. The fourth-order valence-electron chi connectivity index (χ4n) is 2.23. The first-order chi connectivity index (χ1) is 9.24. The standard InChI is InChI=1S/C13H15NO4S/c15-13(16)9-3-6-19-12(14-9)8-1-2-10-11(7-8)18-5-4-17-10/h1-2,7,9,12,14H,3-6H2,(H,15,16). The second-order valence-corrected chi connectivity index (χ2v) is 5.71. The van der Waals surface area contributed by atoms with E-state index in [1.54, 1.807) is 11.8 Å². The Bertz CT molecular complexity index is 494. The molecule has 0 aromatic heterocycles. The molecule has 0 bridgehead atoms. The number of hydrogen-bond acceptors (Lipinski definition) is 5. The van der Waals surface area contributed by atoms with Gasteiger partial charge in [0.25, 0.3) is 0 Å². The number of carboxylic acid groups (broad SMARTS) is 1. The summed E-state index contributed by atoms with van der Waals surface area (Å²) in [6, 6.07) is 5.31. The molecule has 2 aliphatic rings. The summed E-state index contributed by atoms with van der Waals surface area (Å²) in [7, 11) is 0. The fourth-order valence-corrected chi connectivity index (χ4v) is 3.44. The Kier molecular flexibility index (Phi) is 3.52. The number of ether oxygens (including phenoxy) is 2. The van der Waals surface area contributed by atoms with Crippen LogP contribution in [0.3, 0.4) is 0 Å². The number of carboxylic acids is 1. The van der Waals surface area contributed by atoms with E-state index in [1.807, 2.05) is 18.2 Å². The second kappa shape index (κ2) is 5.30. The van der Waals surface area contributed by atoms with Crippen LogP contribution < -0.4 is 14.8 Å². The molecule has 1 fully saturated rings. The molecule has 19 heavy (non-hydrogen) atoms.